The van der Waals surface area contributed by atoms with E-state index in [2.05, 4.69) is 10.3 Å². The summed E-state index contributed by atoms with van der Waals surface area (Å²) in [7, 11) is 1.90. The topological polar surface area (TPSA) is 86.4 Å². The van der Waals surface area contributed by atoms with Gasteiger partial charge in [-0.1, -0.05) is 0 Å². The second kappa shape index (κ2) is 5.96. The molecule has 1 N–H and O–H groups in total. The fourth-order valence-electron chi connectivity index (χ4n) is 2.15. The van der Waals surface area contributed by atoms with Gasteiger partial charge in [0.05, 0.1) is 17.4 Å². The number of amides is 1. The van der Waals surface area contributed by atoms with Crippen molar-refractivity contribution in [1.29, 1.82) is 0 Å². The van der Waals surface area contributed by atoms with Crippen LogP contribution >= 0.6 is 0 Å². The Morgan fingerprint density at radius 2 is 2.22 bits per heavy atom. The molecule has 3 aromatic rings. The van der Waals surface area contributed by atoms with Crippen molar-refractivity contribution in [3.8, 4) is 5.75 Å². The fraction of sp³-hybridized carbons (Fsp3) is 0.188. The number of nitrogens with zero attached hydrogens (tertiary/aromatic N) is 2. The molecule has 23 heavy (non-hydrogen) atoms. The number of rotatable bonds is 4. The first-order chi connectivity index (χ1) is 11.0. The Morgan fingerprint density at radius 3 is 3.00 bits per heavy atom. The smallest absolute Gasteiger partial charge is 0.262 e. The van der Waals surface area contributed by atoms with Crippen molar-refractivity contribution in [3.05, 3.63) is 52.8 Å². The number of carbonyl (C=O) groups excluding carboxylic acids is 1. The summed E-state index contributed by atoms with van der Waals surface area (Å²) in [4.78, 5) is 27.8. The van der Waals surface area contributed by atoms with Gasteiger partial charge >= 0.3 is 0 Å². The number of aryl methyl sites for hydroxylation is 2. The molecule has 0 aliphatic heterocycles. The van der Waals surface area contributed by atoms with Crippen LogP contribution in [-0.4, -0.2) is 22.1 Å². The Balaban J connectivity index is 1.65. The van der Waals surface area contributed by atoms with Gasteiger partial charge in [0.2, 0.25) is 11.2 Å². The average molecular weight is 313 g/mol. The van der Waals surface area contributed by atoms with Gasteiger partial charge in [0.25, 0.3) is 5.91 Å². The number of fused-ring (bicyclic) bond motifs is 1. The molecule has 0 atom stereocenters. The molecule has 0 unspecified atom stereocenters. The quantitative estimate of drug-likeness (QED) is 0.794. The van der Waals surface area contributed by atoms with E-state index in [9.17, 15) is 9.59 Å². The highest BCUT2D eigenvalue weighted by atomic mass is 16.5. The third-order valence-electron chi connectivity index (χ3n) is 3.30. The normalized spacial score (nSPS) is 10.7. The maximum Gasteiger partial charge on any atom is 0.262 e. The Labute approximate surface area is 131 Å². The molecule has 2 heterocycles. The summed E-state index contributed by atoms with van der Waals surface area (Å²) in [6.45, 7) is 1.37. The zero-order valence-corrected chi connectivity index (χ0v) is 12.7. The first-order valence-corrected chi connectivity index (χ1v) is 6.96. The highest BCUT2D eigenvalue weighted by Gasteiger charge is 2.08. The molecule has 7 heteroatoms. The van der Waals surface area contributed by atoms with Crippen LogP contribution in [0.25, 0.3) is 11.0 Å². The Bertz CT molecular complexity index is 926. The largest absolute Gasteiger partial charge is 0.477 e. The predicted octanol–water partition coefficient (Wildman–Crippen LogP) is 1.85. The molecule has 2 aromatic heterocycles. The molecule has 0 saturated carbocycles. The summed E-state index contributed by atoms with van der Waals surface area (Å²) in [5, 5.41) is 2.70. The second-order valence-corrected chi connectivity index (χ2v) is 5.12. The minimum Gasteiger partial charge on any atom is -0.477 e. The Hall–Kier alpha value is -3.09. The summed E-state index contributed by atoms with van der Waals surface area (Å²) in [6, 6.07) is 6.73. The van der Waals surface area contributed by atoms with E-state index in [0.717, 1.165) is 11.0 Å². The van der Waals surface area contributed by atoms with Crippen molar-refractivity contribution in [2.45, 2.75) is 6.92 Å². The Morgan fingerprint density at radius 1 is 1.39 bits per heavy atom. The molecule has 0 spiro atoms. The molecule has 0 bridgehead atoms. The number of anilines is 1. The monoisotopic (exact) mass is 313 g/mol. The van der Waals surface area contributed by atoms with Crippen molar-refractivity contribution < 1.29 is 13.9 Å². The van der Waals surface area contributed by atoms with Gasteiger partial charge in [0.1, 0.15) is 12.0 Å². The lowest BCUT2D eigenvalue weighted by Crippen LogP contribution is -2.22. The SMILES string of the molecule is Cc1cc(=O)c(OCC(=O)Nc2ccc3c(c2)ncn3C)co1. The predicted molar refractivity (Wildman–Crippen MR) is 84.6 cm³/mol. The number of hydrogen-bond acceptors (Lipinski definition) is 5. The van der Waals surface area contributed by atoms with Gasteiger partial charge in [-0.2, -0.15) is 0 Å². The average Bonchev–Trinajstić information content (AvgIpc) is 2.87. The van der Waals surface area contributed by atoms with Gasteiger partial charge in [0.15, 0.2) is 6.61 Å². The van der Waals surface area contributed by atoms with Gasteiger partial charge in [-0.25, -0.2) is 4.98 Å². The van der Waals surface area contributed by atoms with E-state index in [-0.39, 0.29) is 23.7 Å². The summed E-state index contributed by atoms with van der Waals surface area (Å²) < 4.78 is 12.1. The van der Waals surface area contributed by atoms with E-state index in [1.54, 1.807) is 25.4 Å². The van der Waals surface area contributed by atoms with Gasteiger partial charge in [-0.05, 0) is 25.1 Å². The second-order valence-electron chi connectivity index (χ2n) is 5.12. The molecule has 3 rings (SSSR count). The number of benzene rings is 1. The molecular formula is C16H15N3O4. The fourth-order valence-corrected chi connectivity index (χ4v) is 2.15. The molecule has 0 aliphatic rings. The van der Waals surface area contributed by atoms with Crippen LogP contribution in [0.4, 0.5) is 5.69 Å². The molecule has 7 nitrogen and oxygen atoms in total. The van der Waals surface area contributed by atoms with E-state index >= 15 is 0 Å². The first kappa shape index (κ1) is 14.8. The maximum absolute atomic E-state index is 11.9. The lowest BCUT2D eigenvalue weighted by molar-refractivity contribution is -0.118. The molecule has 1 aromatic carbocycles. The number of carbonyl (C=O) groups is 1. The van der Waals surface area contributed by atoms with Crippen molar-refractivity contribution in [2.75, 3.05) is 11.9 Å². The molecule has 0 aliphatic carbocycles. The number of imidazole rings is 1. The van der Waals surface area contributed by atoms with Gasteiger partial charge in [0, 0.05) is 18.8 Å². The molecule has 0 fully saturated rings. The molecule has 0 radical (unpaired) electrons. The van der Waals surface area contributed by atoms with Crippen LogP contribution in [-0.2, 0) is 11.8 Å². The number of hydrogen-bond donors (Lipinski definition) is 1. The van der Waals surface area contributed by atoms with Crippen LogP contribution in [0.5, 0.6) is 5.75 Å². The van der Waals surface area contributed by atoms with E-state index in [1.807, 2.05) is 17.7 Å². The molecule has 1 amide bonds. The van der Waals surface area contributed by atoms with Crippen LogP contribution in [0.2, 0.25) is 0 Å². The number of nitrogens with one attached hydrogen (secondary N) is 1. The van der Waals surface area contributed by atoms with Gasteiger partial charge in [-0.3, -0.25) is 9.59 Å². The molecule has 118 valence electrons. The summed E-state index contributed by atoms with van der Waals surface area (Å²) >= 11 is 0. The molecular weight excluding hydrogens is 298 g/mol. The summed E-state index contributed by atoms with van der Waals surface area (Å²) in [6.07, 6.45) is 2.90. The van der Waals surface area contributed by atoms with Gasteiger partial charge < -0.3 is 19.0 Å². The maximum atomic E-state index is 11.9. The van der Waals surface area contributed by atoms with Crippen molar-refractivity contribution in [2.24, 2.45) is 7.05 Å². The van der Waals surface area contributed by atoms with Crippen LogP contribution in [0.3, 0.4) is 0 Å². The number of ether oxygens (including phenoxy) is 1. The third-order valence-corrected chi connectivity index (χ3v) is 3.30. The van der Waals surface area contributed by atoms with E-state index in [0.29, 0.717) is 11.4 Å². The van der Waals surface area contributed by atoms with Crippen molar-refractivity contribution in [3.63, 3.8) is 0 Å². The van der Waals surface area contributed by atoms with Crippen LogP contribution in [0, 0.1) is 6.92 Å². The van der Waals surface area contributed by atoms with Gasteiger partial charge in [-0.15, -0.1) is 0 Å². The highest BCUT2D eigenvalue weighted by molar-refractivity contribution is 5.94. The summed E-state index contributed by atoms with van der Waals surface area (Å²) in [5.41, 5.74) is 2.04. The lowest BCUT2D eigenvalue weighted by atomic mass is 10.2. The first-order valence-electron chi connectivity index (χ1n) is 6.96. The highest BCUT2D eigenvalue weighted by Crippen LogP contribution is 2.17. The standard InChI is InChI=1S/C16H15N3O4/c1-10-5-14(20)15(7-22-10)23-8-16(21)18-11-3-4-13-12(6-11)17-9-19(13)2/h3-7,9H,8H2,1-2H3,(H,18,21). The van der Waals surface area contributed by atoms with Crippen LogP contribution in [0.1, 0.15) is 5.76 Å². The lowest BCUT2D eigenvalue weighted by Gasteiger charge is -2.07. The van der Waals surface area contributed by atoms with E-state index in [1.165, 1.54) is 12.3 Å². The minimum atomic E-state index is -0.375. The Kier molecular flexibility index (Phi) is 3.84. The molecule has 0 saturated heterocycles. The number of aromatic nitrogens is 2. The van der Waals surface area contributed by atoms with E-state index < -0.39 is 0 Å². The zero-order chi connectivity index (χ0) is 16.4. The minimum absolute atomic E-state index is 0.00549. The third kappa shape index (κ3) is 3.23. The van der Waals surface area contributed by atoms with Crippen LogP contribution in [0.15, 0.2) is 46.1 Å². The van der Waals surface area contributed by atoms with E-state index in [4.69, 9.17) is 9.15 Å². The van der Waals surface area contributed by atoms with Crippen molar-refractivity contribution in [1.82, 2.24) is 9.55 Å². The van der Waals surface area contributed by atoms with Crippen molar-refractivity contribution >= 4 is 22.6 Å². The zero-order valence-electron chi connectivity index (χ0n) is 12.7. The van der Waals surface area contributed by atoms with Crippen LogP contribution < -0.4 is 15.5 Å². The summed E-state index contributed by atoms with van der Waals surface area (Å²) in [5.74, 6) is 0.113.